The van der Waals surface area contributed by atoms with Crippen LogP contribution in [0.2, 0.25) is 0 Å². The van der Waals surface area contributed by atoms with Gasteiger partial charge < -0.3 is 4.90 Å². The number of hydrogen-bond donors (Lipinski definition) is 2. The van der Waals surface area contributed by atoms with Crippen molar-refractivity contribution in [1.82, 2.24) is 10.3 Å². The maximum atomic E-state index is 12.8. The zero-order valence-electron chi connectivity index (χ0n) is 9.73. The lowest BCUT2D eigenvalue weighted by Crippen LogP contribution is -2.48. The molecule has 1 aliphatic rings. The molecule has 1 fully saturated rings. The van der Waals surface area contributed by atoms with Crippen molar-refractivity contribution in [2.24, 2.45) is 5.84 Å². The van der Waals surface area contributed by atoms with E-state index in [2.05, 4.69) is 5.43 Å². The Morgan fingerprint density at radius 1 is 1.33 bits per heavy atom. The summed E-state index contributed by atoms with van der Waals surface area (Å²) in [5.41, 5.74) is 2.43. The molecular formula is C12H14FN3O2. The Kier molecular flexibility index (Phi) is 3.57. The average molecular weight is 251 g/mol. The third kappa shape index (κ3) is 2.33. The monoisotopic (exact) mass is 251 g/mol. The molecule has 1 unspecified atom stereocenters. The van der Waals surface area contributed by atoms with Gasteiger partial charge in [-0.2, -0.15) is 0 Å². The number of likely N-dealkylation sites (tertiary alicyclic amines) is 1. The third-order valence-electron chi connectivity index (χ3n) is 3.05. The standard InChI is InChI=1S/C12H14FN3O2/c13-9-5-3-8(4-6-9)12(18)16-7-1-2-10(16)11(17)15-14/h3-6,10H,1-2,7,14H2,(H,15,17). The van der Waals surface area contributed by atoms with Crippen molar-refractivity contribution in [3.63, 3.8) is 0 Å². The molecule has 96 valence electrons. The Morgan fingerprint density at radius 2 is 2.00 bits per heavy atom. The van der Waals surface area contributed by atoms with Gasteiger partial charge >= 0.3 is 0 Å². The molecular weight excluding hydrogens is 237 g/mol. The summed E-state index contributed by atoms with van der Waals surface area (Å²) in [6, 6.07) is 4.73. The van der Waals surface area contributed by atoms with E-state index in [1.54, 1.807) is 0 Å². The number of carbonyl (C=O) groups excluding carboxylic acids is 2. The summed E-state index contributed by atoms with van der Waals surface area (Å²) in [6.45, 7) is 0.508. The van der Waals surface area contributed by atoms with Crippen molar-refractivity contribution in [2.75, 3.05) is 6.54 Å². The summed E-state index contributed by atoms with van der Waals surface area (Å²) in [4.78, 5) is 25.2. The van der Waals surface area contributed by atoms with Gasteiger partial charge in [0.05, 0.1) is 0 Å². The summed E-state index contributed by atoms with van der Waals surface area (Å²) in [5.74, 6) is 4.04. The summed E-state index contributed by atoms with van der Waals surface area (Å²) in [7, 11) is 0. The van der Waals surface area contributed by atoms with Crippen LogP contribution < -0.4 is 11.3 Å². The van der Waals surface area contributed by atoms with Gasteiger partial charge in [-0.3, -0.25) is 15.0 Å². The summed E-state index contributed by atoms with van der Waals surface area (Å²) in [5, 5.41) is 0. The molecule has 2 rings (SSSR count). The fourth-order valence-electron chi connectivity index (χ4n) is 2.14. The molecule has 1 aromatic carbocycles. The minimum Gasteiger partial charge on any atom is -0.327 e. The highest BCUT2D eigenvalue weighted by molar-refractivity contribution is 5.97. The minimum atomic E-state index is -0.535. The number of carbonyl (C=O) groups is 2. The van der Waals surface area contributed by atoms with Crippen molar-refractivity contribution in [1.29, 1.82) is 0 Å². The molecule has 0 aromatic heterocycles. The fourth-order valence-corrected chi connectivity index (χ4v) is 2.14. The highest BCUT2D eigenvalue weighted by Crippen LogP contribution is 2.20. The van der Waals surface area contributed by atoms with Gasteiger partial charge in [0.15, 0.2) is 0 Å². The Balaban J connectivity index is 2.17. The van der Waals surface area contributed by atoms with Gasteiger partial charge in [-0.25, -0.2) is 10.2 Å². The van der Waals surface area contributed by atoms with Crippen molar-refractivity contribution >= 4 is 11.8 Å². The van der Waals surface area contributed by atoms with E-state index in [4.69, 9.17) is 5.84 Å². The first-order valence-corrected chi connectivity index (χ1v) is 5.70. The highest BCUT2D eigenvalue weighted by Gasteiger charge is 2.34. The van der Waals surface area contributed by atoms with Crippen LogP contribution in [-0.4, -0.2) is 29.3 Å². The van der Waals surface area contributed by atoms with Crippen molar-refractivity contribution in [3.8, 4) is 0 Å². The van der Waals surface area contributed by atoms with Crippen molar-refractivity contribution in [2.45, 2.75) is 18.9 Å². The summed E-state index contributed by atoms with van der Waals surface area (Å²) in [6.07, 6.45) is 1.35. The Bertz CT molecular complexity index is 461. The van der Waals surface area contributed by atoms with E-state index >= 15 is 0 Å². The number of nitrogens with one attached hydrogen (secondary N) is 1. The second-order valence-corrected chi connectivity index (χ2v) is 4.17. The molecule has 5 nitrogen and oxygen atoms in total. The van der Waals surface area contributed by atoms with Crippen molar-refractivity contribution in [3.05, 3.63) is 35.6 Å². The molecule has 1 saturated heterocycles. The van der Waals surface area contributed by atoms with Crippen LogP contribution in [0.4, 0.5) is 4.39 Å². The maximum absolute atomic E-state index is 12.8. The molecule has 6 heteroatoms. The van der Waals surface area contributed by atoms with E-state index in [1.807, 2.05) is 0 Å². The topological polar surface area (TPSA) is 75.4 Å². The number of amides is 2. The van der Waals surface area contributed by atoms with Crippen LogP contribution in [0.15, 0.2) is 24.3 Å². The third-order valence-corrected chi connectivity index (χ3v) is 3.05. The van der Waals surface area contributed by atoms with Crippen LogP contribution in [0.25, 0.3) is 0 Å². The number of nitrogens with two attached hydrogens (primary N) is 1. The predicted octanol–water partition coefficient (Wildman–Crippen LogP) is 0.420. The van der Waals surface area contributed by atoms with Crippen molar-refractivity contribution < 1.29 is 14.0 Å². The minimum absolute atomic E-state index is 0.277. The molecule has 1 aromatic rings. The molecule has 1 aliphatic heterocycles. The van der Waals surface area contributed by atoms with Gasteiger partial charge in [0.2, 0.25) is 0 Å². The molecule has 0 spiro atoms. The van der Waals surface area contributed by atoms with Crippen LogP contribution in [0.1, 0.15) is 23.2 Å². The molecule has 1 heterocycles. The van der Waals surface area contributed by atoms with E-state index in [-0.39, 0.29) is 11.8 Å². The Labute approximate surface area is 104 Å². The molecule has 0 saturated carbocycles. The number of hydrogen-bond acceptors (Lipinski definition) is 3. The second kappa shape index (κ2) is 5.14. The van der Waals surface area contributed by atoms with Crippen LogP contribution in [0.3, 0.4) is 0 Å². The molecule has 0 radical (unpaired) electrons. The van der Waals surface area contributed by atoms with E-state index in [0.29, 0.717) is 18.5 Å². The zero-order chi connectivity index (χ0) is 13.1. The number of halogens is 1. The molecule has 2 amide bonds. The van der Waals surface area contributed by atoms with Gasteiger partial charge in [-0.1, -0.05) is 0 Å². The smallest absolute Gasteiger partial charge is 0.256 e. The largest absolute Gasteiger partial charge is 0.327 e. The van der Waals surface area contributed by atoms with Gasteiger partial charge in [0.1, 0.15) is 11.9 Å². The predicted molar refractivity (Wildman–Crippen MR) is 62.8 cm³/mol. The Hall–Kier alpha value is -1.95. The first kappa shape index (κ1) is 12.5. The lowest BCUT2D eigenvalue weighted by molar-refractivity contribution is -0.124. The number of benzene rings is 1. The van der Waals surface area contributed by atoms with Gasteiger partial charge in [-0.05, 0) is 37.1 Å². The quantitative estimate of drug-likeness (QED) is 0.454. The molecule has 18 heavy (non-hydrogen) atoms. The number of nitrogens with zero attached hydrogens (tertiary/aromatic N) is 1. The first-order valence-electron chi connectivity index (χ1n) is 5.70. The molecule has 3 N–H and O–H groups in total. The van der Waals surface area contributed by atoms with Crippen LogP contribution in [0.5, 0.6) is 0 Å². The van der Waals surface area contributed by atoms with Gasteiger partial charge in [-0.15, -0.1) is 0 Å². The van der Waals surface area contributed by atoms with E-state index in [0.717, 1.165) is 6.42 Å². The zero-order valence-corrected chi connectivity index (χ0v) is 9.73. The average Bonchev–Trinajstić information content (AvgIpc) is 2.87. The van der Waals surface area contributed by atoms with E-state index in [1.165, 1.54) is 29.2 Å². The maximum Gasteiger partial charge on any atom is 0.256 e. The highest BCUT2D eigenvalue weighted by atomic mass is 19.1. The van der Waals surface area contributed by atoms with Crippen LogP contribution >= 0.6 is 0 Å². The van der Waals surface area contributed by atoms with Gasteiger partial charge in [0.25, 0.3) is 11.8 Å². The SMILES string of the molecule is NNC(=O)C1CCCN1C(=O)c1ccc(F)cc1. The van der Waals surface area contributed by atoms with Gasteiger partial charge in [0, 0.05) is 12.1 Å². The van der Waals surface area contributed by atoms with Crippen LogP contribution in [-0.2, 0) is 4.79 Å². The van der Waals surface area contributed by atoms with E-state index < -0.39 is 11.9 Å². The second-order valence-electron chi connectivity index (χ2n) is 4.17. The first-order chi connectivity index (χ1) is 8.63. The molecule has 0 bridgehead atoms. The summed E-state index contributed by atoms with van der Waals surface area (Å²) < 4.78 is 12.8. The number of rotatable bonds is 2. The fraction of sp³-hybridized carbons (Fsp3) is 0.333. The number of hydrazine groups is 1. The van der Waals surface area contributed by atoms with E-state index in [9.17, 15) is 14.0 Å². The normalized spacial score (nSPS) is 18.8. The summed E-state index contributed by atoms with van der Waals surface area (Å²) >= 11 is 0. The lowest BCUT2D eigenvalue weighted by atomic mass is 10.1. The molecule has 0 aliphatic carbocycles. The van der Waals surface area contributed by atoms with Crippen LogP contribution in [0, 0.1) is 5.82 Å². The Morgan fingerprint density at radius 3 is 2.61 bits per heavy atom. The lowest BCUT2D eigenvalue weighted by Gasteiger charge is -2.23. The molecule has 1 atom stereocenters.